The lowest BCUT2D eigenvalue weighted by molar-refractivity contribution is -0.125. The van der Waals surface area contributed by atoms with Crippen LogP contribution in [0.2, 0.25) is 0 Å². The minimum Gasteiger partial charge on any atom is -0.478 e. The first-order chi connectivity index (χ1) is 10.6. The number of amides is 1. The molecule has 0 spiro atoms. The fourth-order valence-corrected chi connectivity index (χ4v) is 2.94. The van der Waals surface area contributed by atoms with Crippen molar-refractivity contribution >= 4 is 11.9 Å². The molecule has 2 N–H and O–H groups in total. The molecule has 1 fully saturated rings. The maximum Gasteiger partial charge on any atom is 0.335 e. The highest BCUT2D eigenvalue weighted by atomic mass is 16.4. The highest BCUT2D eigenvalue weighted by Gasteiger charge is 2.29. The maximum atomic E-state index is 12.2. The number of carboxylic acids is 1. The largest absolute Gasteiger partial charge is 0.478 e. The van der Waals surface area contributed by atoms with Crippen molar-refractivity contribution in [3.63, 3.8) is 0 Å². The van der Waals surface area contributed by atoms with Crippen molar-refractivity contribution in [1.82, 2.24) is 10.2 Å². The zero-order valence-corrected chi connectivity index (χ0v) is 13.0. The van der Waals surface area contributed by atoms with Crippen molar-refractivity contribution in [2.24, 2.45) is 0 Å². The first-order valence-corrected chi connectivity index (χ1v) is 7.96. The summed E-state index contributed by atoms with van der Waals surface area (Å²) in [5.41, 5.74) is 1.32. The van der Waals surface area contributed by atoms with Crippen molar-refractivity contribution in [2.75, 3.05) is 19.6 Å². The Morgan fingerprint density at radius 3 is 2.68 bits per heavy atom. The first kappa shape index (κ1) is 16.5. The second-order valence-electron chi connectivity index (χ2n) is 5.74. The average Bonchev–Trinajstić information content (AvgIpc) is 2.96. The molecule has 1 saturated heterocycles. The standard InChI is InChI=1S/C17H24N2O3/c1-2-11-19-12-3-4-15(19)16(20)18-10-9-13-5-7-14(8-6-13)17(21)22/h5-8,15H,2-4,9-12H2,1H3,(H,18,20)(H,21,22). The molecular formula is C17H24N2O3. The van der Waals surface area contributed by atoms with Gasteiger partial charge in [0.15, 0.2) is 0 Å². The Balaban J connectivity index is 1.78. The van der Waals surface area contributed by atoms with Crippen LogP contribution in [0.1, 0.15) is 42.1 Å². The summed E-state index contributed by atoms with van der Waals surface area (Å²) in [7, 11) is 0. The van der Waals surface area contributed by atoms with E-state index in [-0.39, 0.29) is 17.5 Å². The van der Waals surface area contributed by atoms with Crippen LogP contribution in [-0.2, 0) is 11.2 Å². The van der Waals surface area contributed by atoms with Crippen molar-refractivity contribution in [1.29, 1.82) is 0 Å². The van der Waals surface area contributed by atoms with Crippen LogP contribution in [-0.4, -0.2) is 47.6 Å². The van der Waals surface area contributed by atoms with E-state index in [1.165, 1.54) is 0 Å². The summed E-state index contributed by atoms with van der Waals surface area (Å²) in [6.45, 7) is 4.72. The lowest BCUT2D eigenvalue weighted by Crippen LogP contribution is -2.44. The molecule has 5 heteroatoms. The third-order valence-corrected chi connectivity index (χ3v) is 4.09. The van der Waals surface area contributed by atoms with E-state index in [1.807, 2.05) is 0 Å². The number of carbonyl (C=O) groups excluding carboxylic acids is 1. The first-order valence-electron chi connectivity index (χ1n) is 7.96. The lowest BCUT2D eigenvalue weighted by atomic mass is 10.1. The fourth-order valence-electron chi connectivity index (χ4n) is 2.94. The molecule has 0 radical (unpaired) electrons. The molecule has 120 valence electrons. The molecule has 1 aliphatic rings. The molecule has 0 saturated carbocycles. The van der Waals surface area contributed by atoms with Crippen LogP contribution in [0, 0.1) is 0 Å². The number of carbonyl (C=O) groups is 2. The smallest absolute Gasteiger partial charge is 0.335 e. The Kier molecular flexibility index (Phi) is 5.95. The molecule has 1 aromatic rings. The van der Waals surface area contributed by atoms with Crippen molar-refractivity contribution in [3.8, 4) is 0 Å². The monoisotopic (exact) mass is 304 g/mol. The van der Waals surface area contributed by atoms with Gasteiger partial charge < -0.3 is 10.4 Å². The molecule has 5 nitrogen and oxygen atoms in total. The number of hydrogen-bond acceptors (Lipinski definition) is 3. The normalized spacial score (nSPS) is 18.3. The molecule has 0 aromatic heterocycles. The zero-order chi connectivity index (χ0) is 15.9. The minimum atomic E-state index is -0.919. The second-order valence-corrected chi connectivity index (χ2v) is 5.74. The highest BCUT2D eigenvalue weighted by Crippen LogP contribution is 2.17. The second kappa shape index (κ2) is 7.94. The number of benzene rings is 1. The summed E-state index contributed by atoms with van der Waals surface area (Å²) in [4.78, 5) is 25.3. The summed E-state index contributed by atoms with van der Waals surface area (Å²) in [6.07, 6.45) is 3.82. The van der Waals surface area contributed by atoms with E-state index < -0.39 is 5.97 Å². The van der Waals surface area contributed by atoms with E-state index in [1.54, 1.807) is 24.3 Å². The number of nitrogens with zero attached hydrogens (tertiary/aromatic N) is 1. The predicted molar refractivity (Wildman–Crippen MR) is 85.0 cm³/mol. The molecule has 2 rings (SSSR count). The number of carboxylic acid groups (broad SMARTS) is 1. The molecule has 1 aliphatic heterocycles. The van der Waals surface area contributed by atoms with E-state index in [0.717, 1.165) is 37.9 Å². The Labute approximate surface area is 131 Å². The van der Waals surface area contributed by atoms with Gasteiger partial charge in [-0.1, -0.05) is 19.1 Å². The molecule has 1 aromatic carbocycles. The van der Waals surface area contributed by atoms with Crippen LogP contribution >= 0.6 is 0 Å². The van der Waals surface area contributed by atoms with Gasteiger partial charge >= 0.3 is 5.97 Å². The van der Waals surface area contributed by atoms with Crippen LogP contribution in [0.4, 0.5) is 0 Å². The highest BCUT2D eigenvalue weighted by molar-refractivity contribution is 5.87. The molecule has 1 unspecified atom stereocenters. The van der Waals surface area contributed by atoms with Gasteiger partial charge in [0.2, 0.25) is 5.91 Å². The number of likely N-dealkylation sites (tertiary alicyclic amines) is 1. The summed E-state index contributed by atoms with van der Waals surface area (Å²) in [5, 5.41) is 11.9. The van der Waals surface area contributed by atoms with Gasteiger partial charge in [-0.05, 0) is 56.5 Å². The Hall–Kier alpha value is -1.88. The van der Waals surface area contributed by atoms with Crippen LogP contribution in [0.5, 0.6) is 0 Å². The molecule has 1 heterocycles. The zero-order valence-electron chi connectivity index (χ0n) is 13.0. The van der Waals surface area contributed by atoms with Crippen molar-refractivity contribution in [2.45, 2.75) is 38.6 Å². The van der Waals surface area contributed by atoms with Gasteiger partial charge in [0.05, 0.1) is 11.6 Å². The third-order valence-electron chi connectivity index (χ3n) is 4.09. The van der Waals surface area contributed by atoms with E-state index in [2.05, 4.69) is 17.1 Å². The van der Waals surface area contributed by atoms with E-state index in [4.69, 9.17) is 5.11 Å². The minimum absolute atomic E-state index is 0.0225. The quantitative estimate of drug-likeness (QED) is 0.807. The number of aromatic carboxylic acids is 1. The Bertz CT molecular complexity index is 513. The number of hydrogen-bond donors (Lipinski definition) is 2. The van der Waals surface area contributed by atoms with Crippen LogP contribution in [0.15, 0.2) is 24.3 Å². The van der Waals surface area contributed by atoms with Crippen LogP contribution < -0.4 is 5.32 Å². The topological polar surface area (TPSA) is 69.6 Å². The van der Waals surface area contributed by atoms with Gasteiger partial charge in [-0.15, -0.1) is 0 Å². The van der Waals surface area contributed by atoms with Crippen molar-refractivity contribution in [3.05, 3.63) is 35.4 Å². The third kappa shape index (κ3) is 4.31. The molecule has 22 heavy (non-hydrogen) atoms. The molecular weight excluding hydrogens is 280 g/mol. The predicted octanol–water partition coefficient (Wildman–Crippen LogP) is 1.92. The number of rotatable bonds is 7. The van der Waals surface area contributed by atoms with Gasteiger partial charge in [-0.3, -0.25) is 9.69 Å². The van der Waals surface area contributed by atoms with Gasteiger partial charge in [0, 0.05) is 6.54 Å². The van der Waals surface area contributed by atoms with Crippen LogP contribution in [0.3, 0.4) is 0 Å². The van der Waals surface area contributed by atoms with Gasteiger partial charge in [0.25, 0.3) is 0 Å². The fraction of sp³-hybridized carbons (Fsp3) is 0.529. The summed E-state index contributed by atoms with van der Waals surface area (Å²) in [5.74, 6) is -0.801. The van der Waals surface area contributed by atoms with E-state index in [0.29, 0.717) is 13.0 Å². The number of nitrogens with one attached hydrogen (secondary N) is 1. The van der Waals surface area contributed by atoms with Gasteiger partial charge in [-0.25, -0.2) is 4.79 Å². The molecule has 1 amide bonds. The van der Waals surface area contributed by atoms with Gasteiger partial charge in [-0.2, -0.15) is 0 Å². The lowest BCUT2D eigenvalue weighted by Gasteiger charge is -2.22. The SMILES string of the molecule is CCCN1CCCC1C(=O)NCCc1ccc(C(=O)O)cc1. The van der Waals surface area contributed by atoms with Crippen molar-refractivity contribution < 1.29 is 14.7 Å². The summed E-state index contributed by atoms with van der Waals surface area (Å²) >= 11 is 0. The van der Waals surface area contributed by atoms with Gasteiger partial charge in [0.1, 0.15) is 0 Å². The Morgan fingerprint density at radius 2 is 2.05 bits per heavy atom. The molecule has 0 bridgehead atoms. The van der Waals surface area contributed by atoms with E-state index >= 15 is 0 Å². The van der Waals surface area contributed by atoms with Crippen LogP contribution in [0.25, 0.3) is 0 Å². The summed E-state index contributed by atoms with van der Waals surface area (Å²) < 4.78 is 0. The Morgan fingerprint density at radius 1 is 1.32 bits per heavy atom. The summed E-state index contributed by atoms with van der Waals surface area (Å²) in [6, 6.07) is 6.82. The average molecular weight is 304 g/mol. The maximum absolute atomic E-state index is 12.2. The molecule has 0 aliphatic carbocycles. The molecule has 1 atom stereocenters. The van der Waals surface area contributed by atoms with E-state index in [9.17, 15) is 9.59 Å².